The summed E-state index contributed by atoms with van der Waals surface area (Å²) in [6.07, 6.45) is 4.98. The van der Waals surface area contributed by atoms with Gasteiger partial charge >= 0.3 is 11.9 Å². The number of cyclic esters (lactones) is 1. The Morgan fingerprint density at radius 3 is 2.52 bits per heavy atom. The van der Waals surface area contributed by atoms with Gasteiger partial charge in [-0.05, 0) is 35.9 Å². The van der Waals surface area contributed by atoms with E-state index < -0.39 is 11.9 Å². The average molecular weight is 363 g/mol. The Bertz CT molecular complexity index is 955. The Kier molecular flexibility index (Phi) is 5.47. The molecule has 0 amide bonds. The fourth-order valence-corrected chi connectivity index (χ4v) is 2.42. The second-order valence-electron chi connectivity index (χ2n) is 5.61. The molecule has 0 spiro atoms. The molecule has 0 saturated carbocycles. The largest absolute Gasteiger partial charge is 0.496 e. The van der Waals surface area contributed by atoms with Crippen LogP contribution in [0, 0.1) is 0 Å². The van der Waals surface area contributed by atoms with Crippen molar-refractivity contribution in [3.05, 3.63) is 71.4 Å². The highest BCUT2D eigenvalue weighted by molar-refractivity contribution is 6.11. The third-order valence-corrected chi connectivity index (χ3v) is 3.63. The third-order valence-electron chi connectivity index (χ3n) is 3.63. The molecule has 1 heterocycles. The van der Waals surface area contributed by atoms with E-state index >= 15 is 0 Å². The predicted molar refractivity (Wildman–Crippen MR) is 101 cm³/mol. The molecule has 0 N–H and O–H groups in total. The lowest BCUT2D eigenvalue weighted by atomic mass is 10.2. The van der Waals surface area contributed by atoms with Gasteiger partial charge in [-0.2, -0.15) is 0 Å². The van der Waals surface area contributed by atoms with Crippen molar-refractivity contribution in [1.29, 1.82) is 0 Å². The highest BCUT2D eigenvalue weighted by Gasteiger charge is 2.21. The molecule has 0 fully saturated rings. The zero-order valence-electron chi connectivity index (χ0n) is 14.8. The number of esters is 2. The monoisotopic (exact) mass is 363 g/mol. The summed E-state index contributed by atoms with van der Waals surface area (Å²) < 4.78 is 15.4. The van der Waals surface area contributed by atoms with E-state index in [1.807, 2.05) is 24.3 Å². The van der Waals surface area contributed by atoms with Crippen molar-refractivity contribution < 1.29 is 23.8 Å². The summed E-state index contributed by atoms with van der Waals surface area (Å²) >= 11 is 0. The Labute approximate surface area is 156 Å². The molecule has 0 saturated heterocycles. The molecule has 0 atom stereocenters. The van der Waals surface area contributed by atoms with Gasteiger partial charge in [0.1, 0.15) is 11.5 Å². The number of para-hydroxylation sites is 1. The molecule has 0 bridgehead atoms. The molecule has 2 aromatic carbocycles. The van der Waals surface area contributed by atoms with Gasteiger partial charge in [0.05, 0.1) is 7.11 Å². The first-order chi connectivity index (χ1) is 13.0. The summed E-state index contributed by atoms with van der Waals surface area (Å²) in [5.74, 6) is 0.425. The van der Waals surface area contributed by atoms with E-state index in [1.54, 1.807) is 49.6 Å². The van der Waals surface area contributed by atoms with Crippen molar-refractivity contribution >= 4 is 30.0 Å². The molecular formula is C21H17NO5. The van der Waals surface area contributed by atoms with E-state index in [1.165, 1.54) is 6.92 Å². The van der Waals surface area contributed by atoms with Crippen molar-refractivity contribution in [3.8, 4) is 11.5 Å². The van der Waals surface area contributed by atoms with E-state index in [-0.39, 0.29) is 11.6 Å². The van der Waals surface area contributed by atoms with E-state index in [0.717, 1.165) is 11.1 Å². The number of aliphatic imine (C=N–C) groups is 1. The predicted octanol–water partition coefficient (Wildman–Crippen LogP) is 3.63. The van der Waals surface area contributed by atoms with Crippen LogP contribution in [0.4, 0.5) is 0 Å². The van der Waals surface area contributed by atoms with E-state index in [0.29, 0.717) is 11.5 Å². The summed E-state index contributed by atoms with van der Waals surface area (Å²) in [5, 5.41) is 0. The van der Waals surface area contributed by atoms with Gasteiger partial charge in [-0.15, -0.1) is 0 Å². The van der Waals surface area contributed by atoms with Gasteiger partial charge in [0.15, 0.2) is 5.70 Å². The van der Waals surface area contributed by atoms with Gasteiger partial charge in [-0.25, -0.2) is 9.79 Å². The molecule has 6 heteroatoms. The average Bonchev–Trinajstić information content (AvgIpc) is 3.01. The minimum Gasteiger partial charge on any atom is -0.496 e. The minimum atomic E-state index is -0.529. The molecule has 0 aliphatic carbocycles. The summed E-state index contributed by atoms with van der Waals surface area (Å²) in [4.78, 5) is 27.1. The number of methoxy groups -OCH3 is 1. The van der Waals surface area contributed by atoms with Crippen LogP contribution in [-0.2, 0) is 14.3 Å². The smallest absolute Gasteiger partial charge is 0.363 e. The van der Waals surface area contributed by atoms with Crippen molar-refractivity contribution in [2.75, 3.05) is 7.11 Å². The van der Waals surface area contributed by atoms with Crippen LogP contribution in [0.25, 0.3) is 12.2 Å². The SMILES string of the molecule is COc1ccccc1C=CC1=NC(=Cc2ccc(OC(C)=O)cc2)C(=O)O1. The lowest BCUT2D eigenvalue weighted by Crippen LogP contribution is -2.01. The molecule has 3 rings (SSSR count). The van der Waals surface area contributed by atoms with Crippen LogP contribution >= 0.6 is 0 Å². The maximum Gasteiger partial charge on any atom is 0.363 e. The standard InChI is InChI=1S/C21H17NO5/c1-14(23)26-17-10-7-15(8-11-17)13-18-21(24)27-20(22-18)12-9-16-5-3-4-6-19(16)25-2/h3-13H,1-2H3. The molecule has 2 aromatic rings. The quantitative estimate of drug-likeness (QED) is 0.461. The second-order valence-corrected chi connectivity index (χ2v) is 5.61. The first-order valence-corrected chi connectivity index (χ1v) is 8.17. The number of ether oxygens (including phenoxy) is 3. The molecule has 136 valence electrons. The maximum atomic E-state index is 12.0. The molecule has 0 aromatic heterocycles. The molecule has 1 aliphatic heterocycles. The molecular weight excluding hydrogens is 346 g/mol. The molecule has 27 heavy (non-hydrogen) atoms. The Morgan fingerprint density at radius 1 is 1.07 bits per heavy atom. The highest BCUT2D eigenvalue weighted by atomic mass is 16.6. The molecule has 0 radical (unpaired) electrons. The van der Waals surface area contributed by atoms with Crippen LogP contribution in [0.3, 0.4) is 0 Å². The van der Waals surface area contributed by atoms with Gasteiger partial charge in [-0.1, -0.05) is 30.3 Å². The van der Waals surface area contributed by atoms with Gasteiger partial charge in [0, 0.05) is 18.6 Å². The Balaban J connectivity index is 1.76. The minimum absolute atomic E-state index is 0.190. The molecule has 6 nitrogen and oxygen atoms in total. The highest BCUT2D eigenvalue weighted by Crippen LogP contribution is 2.21. The van der Waals surface area contributed by atoms with Crippen LogP contribution in [0.2, 0.25) is 0 Å². The fourth-order valence-electron chi connectivity index (χ4n) is 2.42. The van der Waals surface area contributed by atoms with Crippen LogP contribution in [0.5, 0.6) is 11.5 Å². The number of nitrogens with zero attached hydrogens (tertiary/aromatic N) is 1. The van der Waals surface area contributed by atoms with E-state index in [9.17, 15) is 9.59 Å². The number of benzene rings is 2. The van der Waals surface area contributed by atoms with Crippen molar-refractivity contribution in [3.63, 3.8) is 0 Å². The van der Waals surface area contributed by atoms with Crippen LogP contribution < -0.4 is 9.47 Å². The third kappa shape index (κ3) is 4.70. The topological polar surface area (TPSA) is 74.2 Å². The fraction of sp³-hybridized carbons (Fsp3) is 0.0952. The van der Waals surface area contributed by atoms with Crippen LogP contribution in [0.15, 0.2) is 65.3 Å². The molecule has 1 aliphatic rings. The first-order valence-electron chi connectivity index (χ1n) is 8.17. The number of hydrogen-bond donors (Lipinski definition) is 0. The van der Waals surface area contributed by atoms with Crippen molar-refractivity contribution in [2.24, 2.45) is 4.99 Å². The van der Waals surface area contributed by atoms with Gasteiger partial charge < -0.3 is 14.2 Å². The van der Waals surface area contributed by atoms with Gasteiger partial charge in [-0.3, -0.25) is 4.79 Å². The van der Waals surface area contributed by atoms with Gasteiger partial charge in [0.25, 0.3) is 0 Å². The number of carbonyl (C=O) groups excluding carboxylic acids is 2. The van der Waals surface area contributed by atoms with Gasteiger partial charge in [0.2, 0.25) is 5.90 Å². The van der Waals surface area contributed by atoms with E-state index in [4.69, 9.17) is 14.2 Å². The van der Waals surface area contributed by atoms with Crippen LogP contribution in [0.1, 0.15) is 18.1 Å². The summed E-state index contributed by atoms with van der Waals surface area (Å²) in [5.41, 5.74) is 1.77. The number of carbonyl (C=O) groups is 2. The summed E-state index contributed by atoms with van der Waals surface area (Å²) in [7, 11) is 1.59. The molecule has 0 unspecified atom stereocenters. The maximum absolute atomic E-state index is 12.0. The van der Waals surface area contributed by atoms with Crippen molar-refractivity contribution in [1.82, 2.24) is 0 Å². The number of rotatable bonds is 5. The normalized spacial score (nSPS) is 15.0. The Hall–Kier alpha value is -3.67. The first kappa shape index (κ1) is 18.1. The lowest BCUT2D eigenvalue weighted by Gasteiger charge is -2.02. The Morgan fingerprint density at radius 2 is 1.81 bits per heavy atom. The van der Waals surface area contributed by atoms with E-state index in [2.05, 4.69) is 4.99 Å². The van der Waals surface area contributed by atoms with Crippen molar-refractivity contribution in [2.45, 2.75) is 6.92 Å². The van der Waals surface area contributed by atoms with Crippen LogP contribution in [-0.4, -0.2) is 24.9 Å². The summed E-state index contributed by atoms with van der Waals surface area (Å²) in [6.45, 7) is 1.33. The lowest BCUT2D eigenvalue weighted by molar-refractivity contribution is -0.132. The zero-order chi connectivity index (χ0) is 19.2. The summed E-state index contributed by atoms with van der Waals surface area (Å²) in [6, 6.07) is 14.2. The second kappa shape index (κ2) is 8.14. The number of hydrogen-bond acceptors (Lipinski definition) is 6. The zero-order valence-corrected chi connectivity index (χ0v) is 14.8.